The number of furan rings is 1. The molecule has 0 aromatic carbocycles. The Morgan fingerprint density at radius 2 is 1.92 bits per heavy atom. The van der Waals surface area contributed by atoms with Gasteiger partial charge in [-0.05, 0) is 52.0 Å². The number of nitrogens with zero attached hydrogens (tertiary/aromatic N) is 4. The van der Waals surface area contributed by atoms with Gasteiger partial charge < -0.3 is 8.98 Å². The zero-order chi connectivity index (χ0) is 17.1. The Morgan fingerprint density at radius 1 is 1.17 bits per heavy atom. The van der Waals surface area contributed by atoms with Crippen LogP contribution >= 0.6 is 0 Å². The second-order valence-electron chi connectivity index (χ2n) is 5.84. The van der Waals surface area contributed by atoms with Gasteiger partial charge in [-0.1, -0.05) is 0 Å². The highest BCUT2D eigenvalue weighted by Crippen LogP contribution is 2.16. The van der Waals surface area contributed by atoms with Crippen molar-refractivity contribution in [1.82, 2.24) is 14.5 Å². The molecule has 0 aliphatic rings. The van der Waals surface area contributed by atoms with Gasteiger partial charge in [0.2, 0.25) is 5.95 Å². The van der Waals surface area contributed by atoms with Crippen LogP contribution in [0, 0.1) is 27.7 Å². The number of aromatic nitrogens is 3. The molecule has 0 aliphatic heterocycles. The summed E-state index contributed by atoms with van der Waals surface area (Å²) in [4.78, 5) is 8.61. The van der Waals surface area contributed by atoms with Crippen LogP contribution in [-0.2, 0) is 6.54 Å². The van der Waals surface area contributed by atoms with Crippen molar-refractivity contribution in [1.29, 1.82) is 0 Å². The summed E-state index contributed by atoms with van der Waals surface area (Å²) in [5.41, 5.74) is 8.07. The SMILES string of the molecule is Cc1cc(C)nc(N/N=C\c2cc(C)n(Cc3ccco3)c2C)n1. The fourth-order valence-corrected chi connectivity index (χ4v) is 2.70. The first kappa shape index (κ1) is 16.0. The molecule has 3 aromatic heterocycles. The molecule has 6 nitrogen and oxygen atoms in total. The summed E-state index contributed by atoms with van der Waals surface area (Å²) >= 11 is 0. The Balaban J connectivity index is 1.75. The summed E-state index contributed by atoms with van der Waals surface area (Å²) in [6.07, 6.45) is 3.49. The number of anilines is 1. The van der Waals surface area contributed by atoms with E-state index >= 15 is 0 Å². The monoisotopic (exact) mass is 323 g/mol. The lowest BCUT2D eigenvalue weighted by molar-refractivity contribution is 0.489. The third-order valence-electron chi connectivity index (χ3n) is 3.86. The average Bonchev–Trinajstić information content (AvgIpc) is 3.11. The fourth-order valence-electron chi connectivity index (χ4n) is 2.70. The molecule has 3 aromatic rings. The second-order valence-corrected chi connectivity index (χ2v) is 5.84. The van der Waals surface area contributed by atoms with Crippen LogP contribution in [0.15, 0.2) is 40.0 Å². The summed E-state index contributed by atoms with van der Waals surface area (Å²) in [6, 6.07) is 7.91. The number of aryl methyl sites for hydroxylation is 3. The molecular formula is C18H21N5O. The topological polar surface area (TPSA) is 68.2 Å². The highest BCUT2D eigenvalue weighted by molar-refractivity contribution is 5.82. The van der Waals surface area contributed by atoms with Crippen LogP contribution in [-0.4, -0.2) is 20.7 Å². The number of hydrogen-bond acceptors (Lipinski definition) is 5. The molecule has 0 fully saturated rings. The van der Waals surface area contributed by atoms with Crippen LogP contribution in [0.5, 0.6) is 0 Å². The number of hydrazone groups is 1. The van der Waals surface area contributed by atoms with Gasteiger partial charge in [0.25, 0.3) is 0 Å². The Labute approximate surface area is 141 Å². The molecule has 0 saturated carbocycles. The van der Waals surface area contributed by atoms with Gasteiger partial charge in [0, 0.05) is 28.3 Å². The maximum Gasteiger partial charge on any atom is 0.243 e. The van der Waals surface area contributed by atoms with Crippen molar-refractivity contribution in [2.45, 2.75) is 34.2 Å². The standard InChI is InChI=1S/C18H21N5O/c1-12-8-13(2)21-18(20-12)22-19-10-16-9-14(3)23(15(16)4)11-17-6-5-7-24-17/h5-10H,11H2,1-4H3,(H,20,21,22)/b19-10-. The van der Waals surface area contributed by atoms with E-state index in [1.54, 1.807) is 12.5 Å². The van der Waals surface area contributed by atoms with Crippen molar-refractivity contribution in [3.63, 3.8) is 0 Å². The van der Waals surface area contributed by atoms with E-state index in [4.69, 9.17) is 4.42 Å². The third-order valence-corrected chi connectivity index (χ3v) is 3.86. The van der Waals surface area contributed by atoms with Gasteiger partial charge in [0.1, 0.15) is 5.76 Å². The molecule has 0 bridgehead atoms. The first-order valence-corrected chi connectivity index (χ1v) is 7.83. The normalized spacial score (nSPS) is 11.3. The summed E-state index contributed by atoms with van der Waals surface area (Å²) in [7, 11) is 0. The molecule has 0 aliphatic carbocycles. The van der Waals surface area contributed by atoms with E-state index < -0.39 is 0 Å². The minimum Gasteiger partial charge on any atom is -0.467 e. The van der Waals surface area contributed by atoms with E-state index in [2.05, 4.69) is 45.0 Å². The molecule has 1 N–H and O–H groups in total. The summed E-state index contributed by atoms with van der Waals surface area (Å²) in [5, 5.41) is 4.27. The van der Waals surface area contributed by atoms with Crippen molar-refractivity contribution in [2.24, 2.45) is 5.10 Å². The van der Waals surface area contributed by atoms with Crippen molar-refractivity contribution in [2.75, 3.05) is 5.43 Å². The lowest BCUT2D eigenvalue weighted by atomic mass is 10.3. The van der Waals surface area contributed by atoms with Crippen LogP contribution in [0.4, 0.5) is 5.95 Å². The molecule has 0 radical (unpaired) electrons. The summed E-state index contributed by atoms with van der Waals surface area (Å²) < 4.78 is 7.64. The van der Waals surface area contributed by atoms with Crippen molar-refractivity contribution >= 4 is 12.2 Å². The minimum atomic E-state index is 0.508. The molecule has 0 saturated heterocycles. The molecule has 0 atom stereocenters. The zero-order valence-electron chi connectivity index (χ0n) is 14.4. The van der Waals surface area contributed by atoms with E-state index in [0.717, 1.165) is 34.1 Å². The molecular weight excluding hydrogens is 302 g/mol. The van der Waals surface area contributed by atoms with E-state index in [9.17, 15) is 0 Å². The van der Waals surface area contributed by atoms with Gasteiger partial charge in [0.05, 0.1) is 19.0 Å². The predicted molar refractivity (Wildman–Crippen MR) is 94.4 cm³/mol. The Morgan fingerprint density at radius 3 is 2.58 bits per heavy atom. The minimum absolute atomic E-state index is 0.508. The number of nitrogens with one attached hydrogen (secondary N) is 1. The van der Waals surface area contributed by atoms with E-state index in [1.165, 1.54) is 0 Å². The molecule has 3 rings (SSSR count). The van der Waals surface area contributed by atoms with Crippen LogP contribution < -0.4 is 5.43 Å². The highest BCUT2D eigenvalue weighted by atomic mass is 16.3. The van der Waals surface area contributed by atoms with Gasteiger partial charge >= 0.3 is 0 Å². The Hall–Kier alpha value is -2.89. The fraction of sp³-hybridized carbons (Fsp3) is 0.278. The van der Waals surface area contributed by atoms with Crippen LogP contribution in [0.2, 0.25) is 0 Å². The second kappa shape index (κ2) is 6.70. The molecule has 124 valence electrons. The maximum atomic E-state index is 5.43. The number of rotatable bonds is 5. The molecule has 0 unspecified atom stereocenters. The smallest absolute Gasteiger partial charge is 0.243 e. The van der Waals surface area contributed by atoms with Gasteiger partial charge in [-0.2, -0.15) is 5.10 Å². The molecule has 0 amide bonds. The molecule has 0 spiro atoms. The number of hydrogen-bond donors (Lipinski definition) is 1. The summed E-state index contributed by atoms with van der Waals surface area (Å²) in [6.45, 7) is 8.74. The van der Waals surface area contributed by atoms with E-state index in [1.807, 2.05) is 32.0 Å². The molecule has 24 heavy (non-hydrogen) atoms. The lowest BCUT2D eigenvalue weighted by Gasteiger charge is -2.07. The van der Waals surface area contributed by atoms with Crippen molar-refractivity contribution < 1.29 is 4.42 Å². The highest BCUT2D eigenvalue weighted by Gasteiger charge is 2.09. The largest absolute Gasteiger partial charge is 0.467 e. The average molecular weight is 323 g/mol. The van der Waals surface area contributed by atoms with Crippen molar-refractivity contribution in [3.8, 4) is 0 Å². The van der Waals surface area contributed by atoms with E-state index in [-0.39, 0.29) is 0 Å². The Kier molecular flexibility index (Phi) is 4.46. The maximum absolute atomic E-state index is 5.43. The van der Waals surface area contributed by atoms with Gasteiger partial charge in [-0.15, -0.1) is 0 Å². The predicted octanol–water partition coefficient (Wildman–Crippen LogP) is 3.60. The quantitative estimate of drug-likeness (QED) is 0.575. The first-order valence-electron chi connectivity index (χ1n) is 7.83. The Bertz CT molecular complexity index is 842. The van der Waals surface area contributed by atoms with Gasteiger partial charge in [0.15, 0.2) is 0 Å². The molecule has 3 heterocycles. The summed E-state index contributed by atoms with van der Waals surface area (Å²) in [5.74, 6) is 1.44. The zero-order valence-corrected chi connectivity index (χ0v) is 14.4. The van der Waals surface area contributed by atoms with Gasteiger partial charge in [-0.3, -0.25) is 0 Å². The molecule has 6 heteroatoms. The van der Waals surface area contributed by atoms with Crippen LogP contribution in [0.25, 0.3) is 0 Å². The first-order chi connectivity index (χ1) is 11.5. The van der Waals surface area contributed by atoms with Gasteiger partial charge in [-0.25, -0.2) is 15.4 Å². The lowest BCUT2D eigenvalue weighted by Crippen LogP contribution is -2.03. The third kappa shape index (κ3) is 3.53. The van der Waals surface area contributed by atoms with Crippen LogP contribution in [0.1, 0.15) is 34.1 Å². The van der Waals surface area contributed by atoms with Crippen molar-refractivity contribution in [3.05, 3.63) is 64.6 Å². The van der Waals surface area contributed by atoms with Crippen LogP contribution in [0.3, 0.4) is 0 Å². The van der Waals surface area contributed by atoms with E-state index in [0.29, 0.717) is 12.5 Å².